The molecule has 3 aromatic rings. The Labute approximate surface area is 158 Å². The molecule has 140 valence electrons. The van der Waals surface area contributed by atoms with Crippen molar-refractivity contribution in [1.82, 2.24) is 24.8 Å². The Morgan fingerprint density at radius 2 is 2.04 bits per heavy atom. The van der Waals surface area contributed by atoms with Crippen LogP contribution < -0.4 is 0 Å². The van der Waals surface area contributed by atoms with Gasteiger partial charge in [0.25, 0.3) is 5.91 Å². The van der Waals surface area contributed by atoms with Gasteiger partial charge in [0.1, 0.15) is 5.76 Å². The van der Waals surface area contributed by atoms with Crippen molar-refractivity contribution in [1.29, 1.82) is 0 Å². The van der Waals surface area contributed by atoms with Gasteiger partial charge in [-0.25, -0.2) is 0 Å². The Morgan fingerprint density at radius 3 is 2.74 bits per heavy atom. The molecule has 27 heavy (non-hydrogen) atoms. The van der Waals surface area contributed by atoms with E-state index in [1.807, 2.05) is 34.0 Å². The highest BCUT2D eigenvalue weighted by atomic mass is 16.5. The molecule has 0 aliphatic heterocycles. The number of carbonyl (C=O) groups is 1. The van der Waals surface area contributed by atoms with E-state index in [2.05, 4.69) is 15.2 Å². The van der Waals surface area contributed by atoms with Crippen LogP contribution in [0.1, 0.15) is 41.9 Å². The van der Waals surface area contributed by atoms with Crippen molar-refractivity contribution in [2.24, 2.45) is 0 Å². The molecule has 7 nitrogen and oxygen atoms in total. The van der Waals surface area contributed by atoms with E-state index >= 15 is 0 Å². The van der Waals surface area contributed by atoms with Gasteiger partial charge >= 0.3 is 0 Å². The molecule has 3 aromatic heterocycles. The lowest BCUT2D eigenvalue weighted by molar-refractivity contribution is 0.0661. The smallest absolute Gasteiger partial charge is 0.276 e. The summed E-state index contributed by atoms with van der Waals surface area (Å²) in [4.78, 5) is 18.9. The summed E-state index contributed by atoms with van der Waals surface area (Å²) in [6.07, 6.45) is 9.89. The van der Waals surface area contributed by atoms with Crippen LogP contribution in [0.25, 0.3) is 11.3 Å². The molecule has 0 unspecified atom stereocenters. The lowest BCUT2D eigenvalue weighted by Crippen LogP contribution is -2.41. The molecule has 1 saturated carbocycles. The first-order valence-corrected chi connectivity index (χ1v) is 9.39. The van der Waals surface area contributed by atoms with Gasteiger partial charge in [-0.3, -0.25) is 14.5 Å². The normalized spacial score (nSPS) is 14.6. The Hall–Kier alpha value is -2.96. The molecule has 0 atom stereocenters. The summed E-state index contributed by atoms with van der Waals surface area (Å²) in [5, 5.41) is 8.54. The largest absolute Gasteiger partial charge is 0.361 e. The van der Waals surface area contributed by atoms with Crippen LogP contribution in [-0.2, 0) is 6.54 Å². The van der Waals surface area contributed by atoms with E-state index in [0.29, 0.717) is 24.5 Å². The molecule has 0 N–H and O–H groups in total. The van der Waals surface area contributed by atoms with Crippen LogP contribution in [0.2, 0.25) is 0 Å². The molecule has 1 fully saturated rings. The molecule has 0 bridgehead atoms. The van der Waals surface area contributed by atoms with Gasteiger partial charge in [0, 0.05) is 42.8 Å². The third-order valence-electron chi connectivity index (χ3n) is 5.06. The van der Waals surface area contributed by atoms with Gasteiger partial charge in [-0.2, -0.15) is 5.10 Å². The number of aryl methyl sites for hydroxylation is 1. The number of pyridine rings is 1. The molecule has 1 amide bonds. The number of hydrogen-bond acceptors (Lipinski definition) is 5. The number of carbonyl (C=O) groups excluding carboxylic acids is 1. The van der Waals surface area contributed by atoms with Crippen molar-refractivity contribution in [2.45, 2.75) is 45.2 Å². The predicted octanol–water partition coefficient (Wildman–Crippen LogP) is 3.33. The Balaban J connectivity index is 1.47. The van der Waals surface area contributed by atoms with Gasteiger partial charge in [0.05, 0.1) is 12.2 Å². The highest BCUT2D eigenvalue weighted by Crippen LogP contribution is 2.25. The van der Waals surface area contributed by atoms with Crippen molar-refractivity contribution in [3.05, 3.63) is 54.3 Å². The van der Waals surface area contributed by atoms with Crippen molar-refractivity contribution < 1.29 is 9.32 Å². The zero-order chi connectivity index (χ0) is 18.6. The topological polar surface area (TPSA) is 77.1 Å². The number of amides is 1. The summed E-state index contributed by atoms with van der Waals surface area (Å²) in [6.45, 7) is 3.05. The zero-order valence-corrected chi connectivity index (χ0v) is 15.4. The van der Waals surface area contributed by atoms with E-state index in [1.165, 1.54) is 12.8 Å². The van der Waals surface area contributed by atoms with Crippen LogP contribution in [-0.4, -0.2) is 43.3 Å². The van der Waals surface area contributed by atoms with Crippen LogP contribution in [0.15, 0.2) is 47.4 Å². The fraction of sp³-hybridized carbons (Fsp3) is 0.400. The fourth-order valence-corrected chi connectivity index (χ4v) is 3.65. The molecule has 3 heterocycles. The van der Waals surface area contributed by atoms with Crippen LogP contribution in [0.5, 0.6) is 0 Å². The maximum Gasteiger partial charge on any atom is 0.276 e. The molecule has 0 spiro atoms. The fourth-order valence-electron chi connectivity index (χ4n) is 3.65. The first kappa shape index (κ1) is 17.5. The van der Waals surface area contributed by atoms with Gasteiger partial charge in [0.15, 0.2) is 5.69 Å². The monoisotopic (exact) mass is 365 g/mol. The average Bonchev–Trinajstić information content (AvgIpc) is 3.44. The third-order valence-corrected chi connectivity index (χ3v) is 5.06. The standard InChI is InChI=1S/C20H23N5O2/c1-15-14-19(23-27-15)20(26)25(17-4-2-3-5-17)13-12-24-11-8-18(22-24)16-6-9-21-10-7-16/h6-11,14,17H,2-5,12-13H2,1H3. The molecule has 0 radical (unpaired) electrons. The lowest BCUT2D eigenvalue weighted by atomic mass is 10.2. The van der Waals surface area contributed by atoms with Crippen molar-refractivity contribution in [2.75, 3.05) is 6.54 Å². The molecule has 0 aromatic carbocycles. The van der Waals surface area contributed by atoms with Crippen LogP contribution >= 0.6 is 0 Å². The lowest BCUT2D eigenvalue weighted by Gasteiger charge is -2.28. The Kier molecular flexibility index (Phi) is 5.00. The minimum absolute atomic E-state index is 0.0553. The summed E-state index contributed by atoms with van der Waals surface area (Å²) in [7, 11) is 0. The van der Waals surface area contributed by atoms with Crippen molar-refractivity contribution in [3.63, 3.8) is 0 Å². The highest BCUT2D eigenvalue weighted by molar-refractivity contribution is 5.92. The van der Waals surface area contributed by atoms with E-state index in [9.17, 15) is 4.79 Å². The molecular weight excluding hydrogens is 342 g/mol. The van der Waals surface area contributed by atoms with E-state index < -0.39 is 0 Å². The average molecular weight is 365 g/mol. The maximum atomic E-state index is 13.0. The van der Waals surface area contributed by atoms with Crippen molar-refractivity contribution in [3.8, 4) is 11.3 Å². The van der Waals surface area contributed by atoms with Crippen molar-refractivity contribution >= 4 is 5.91 Å². The summed E-state index contributed by atoms with van der Waals surface area (Å²) >= 11 is 0. The molecule has 1 aliphatic rings. The second kappa shape index (κ2) is 7.73. The first-order valence-electron chi connectivity index (χ1n) is 9.39. The van der Waals surface area contributed by atoms with Crippen LogP contribution in [0, 0.1) is 6.92 Å². The van der Waals surface area contributed by atoms with Gasteiger partial charge in [-0.05, 0) is 38.0 Å². The number of aromatic nitrogens is 4. The minimum Gasteiger partial charge on any atom is -0.361 e. The predicted molar refractivity (Wildman–Crippen MR) is 100.0 cm³/mol. The van der Waals surface area contributed by atoms with E-state index in [1.54, 1.807) is 25.4 Å². The second-order valence-corrected chi connectivity index (χ2v) is 6.96. The molecule has 4 rings (SSSR count). The van der Waals surface area contributed by atoms with E-state index in [0.717, 1.165) is 24.1 Å². The number of rotatable bonds is 6. The SMILES string of the molecule is Cc1cc(C(=O)N(CCn2ccc(-c3ccncc3)n2)C2CCCC2)no1. The molecule has 1 aliphatic carbocycles. The third kappa shape index (κ3) is 3.92. The first-order chi connectivity index (χ1) is 13.2. The summed E-state index contributed by atoms with van der Waals surface area (Å²) in [5.74, 6) is 0.596. The van der Waals surface area contributed by atoms with E-state index in [-0.39, 0.29) is 11.9 Å². The van der Waals surface area contributed by atoms with Crippen LogP contribution in [0.4, 0.5) is 0 Å². The molecule has 7 heteroatoms. The van der Waals surface area contributed by atoms with Crippen LogP contribution in [0.3, 0.4) is 0 Å². The Morgan fingerprint density at radius 1 is 1.26 bits per heavy atom. The zero-order valence-electron chi connectivity index (χ0n) is 15.4. The van der Waals surface area contributed by atoms with E-state index in [4.69, 9.17) is 4.52 Å². The number of hydrogen-bond donors (Lipinski definition) is 0. The summed E-state index contributed by atoms with van der Waals surface area (Å²) in [6, 6.07) is 7.84. The molecule has 0 saturated heterocycles. The van der Waals surface area contributed by atoms with Gasteiger partial charge < -0.3 is 9.42 Å². The maximum absolute atomic E-state index is 13.0. The van der Waals surface area contributed by atoms with Gasteiger partial charge in [-0.1, -0.05) is 18.0 Å². The Bertz CT molecular complexity index is 896. The highest BCUT2D eigenvalue weighted by Gasteiger charge is 2.29. The number of nitrogens with zero attached hydrogens (tertiary/aromatic N) is 5. The second-order valence-electron chi connectivity index (χ2n) is 6.96. The quantitative estimate of drug-likeness (QED) is 0.670. The summed E-state index contributed by atoms with van der Waals surface area (Å²) in [5.41, 5.74) is 2.33. The molecular formula is C20H23N5O2. The summed E-state index contributed by atoms with van der Waals surface area (Å²) < 4.78 is 6.98. The van der Waals surface area contributed by atoms with Gasteiger partial charge in [-0.15, -0.1) is 0 Å². The minimum atomic E-state index is -0.0553. The van der Waals surface area contributed by atoms with Gasteiger partial charge in [0.2, 0.25) is 0 Å².